The summed E-state index contributed by atoms with van der Waals surface area (Å²) in [6.07, 6.45) is 2.00. The molecule has 1 unspecified atom stereocenters. The third-order valence-electron chi connectivity index (χ3n) is 4.52. The van der Waals surface area contributed by atoms with E-state index in [1.165, 1.54) is 23.9 Å². The monoisotopic (exact) mass is 467 g/mol. The van der Waals surface area contributed by atoms with Crippen molar-refractivity contribution >= 4 is 39.3 Å². The number of amides is 2. The zero-order valence-electron chi connectivity index (χ0n) is 17.6. The Morgan fingerprint density at radius 2 is 1.71 bits per heavy atom. The van der Waals surface area contributed by atoms with E-state index in [-0.39, 0.29) is 13.0 Å². The predicted octanol–water partition coefficient (Wildman–Crippen LogP) is 2.60. The molecule has 2 amide bonds. The van der Waals surface area contributed by atoms with Gasteiger partial charge < -0.3 is 10.6 Å². The molecule has 0 saturated heterocycles. The summed E-state index contributed by atoms with van der Waals surface area (Å²) < 4.78 is 41.3. The molecule has 31 heavy (non-hydrogen) atoms. The van der Waals surface area contributed by atoms with Crippen molar-refractivity contribution < 1.29 is 22.4 Å². The van der Waals surface area contributed by atoms with Crippen molar-refractivity contribution in [3.63, 3.8) is 0 Å². The Morgan fingerprint density at radius 3 is 2.32 bits per heavy atom. The van der Waals surface area contributed by atoms with Gasteiger partial charge in [0.1, 0.15) is 16.8 Å². The number of carbonyl (C=O) groups excluding carboxylic acids is 2. The maximum atomic E-state index is 13.9. The van der Waals surface area contributed by atoms with Crippen LogP contribution in [0.4, 0.5) is 10.1 Å². The fourth-order valence-corrected chi connectivity index (χ4v) is 4.66. The van der Waals surface area contributed by atoms with Crippen molar-refractivity contribution in [2.45, 2.75) is 31.2 Å². The molecule has 0 spiro atoms. The van der Waals surface area contributed by atoms with E-state index in [0.29, 0.717) is 11.4 Å². The Hall–Kier alpha value is -2.43. The van der Waals surface area contributed by atoms with Gasteiger partial charge in [0.2, 0.25) is 21.8 Å². The third kappa shape index (κ3) is 7.05. The van der Waals surface area contributed by atoms with Crippen LogP contribution >= 0.6 is 11.8 Å². The molecule has 0 aromatic heterocycles. The van der Waals surface area contributed by atoms with E-state index >= 15 is 0 Å². The van der Waals surface area contributed by atoms with Crippen LogP contribution in [0, 0.1) is 19.7 Å². The second-order valence-corrected chi connectivity index (χ2v) is 9.59. The lowest BCUT2D eigenvalue weighted by Gasteiger charge is -2.19. The van der Waals surface area contributed by atoms with Crippen molar-refractivity contribution in [1.82, 2.24) is 10.0 Å². The first kappa shape index (κ1) is 24.8. The quantitative estimate of drug-likeness (QED) is 0.498. The number of rotatable bonds is 10. The fraction of sp³-hybridized carbons (Fsp3) is 0.333. The van der Waals surface area contributed by atoms with Crippen molar-refractivity contribution in [1.29, 1.82) is 0 Å². The Labute approximate surface area is 186 Å². The second kappa shape index (κ2) is 11.3. The molecule has 168 valence electrons. The minimum atomic E-state index is -4.26. The Kier molecular flexibility index (Phi) is 9.02. The average Bonchev–Trinajstić information content (AvgIpc) is 2.72. The minimum Gasteiger partial charge on any atom is -0.346 e. The molecule has 0 aliphatic heterocycles. The van der Waals surface area contributed by atoms with E-state index in [2.05, 4.69) is 15.4 Å². The zero-order chi connectivity index (χ0) is 23.0. The van der Waals surface area contributed by atoms with Gasteiger partial charge in [-0.1, -0.05) is 30.3 Å². The van der Waals surface area contributed by atoms with E-state index in [1.807, 2.05) is 38.3 Å². The van der Waals surface area contributed by atoms with Gasteiger partial charge in [0.05, 0.1) is 6.54 Å². The highest BCUT2D eigenvalue weighted by molar-refractivity contribution is 7.98. The Balaban J connectivity index is 2.06. The first-order valence-corrected chi connectivity index (χ1v) is 12.4. The number of benzene rings is 2. The molecule has 0 heterocycles. The molecule has 0 aliphatic rings. The molecule has 2 aromatic carbocycles. The summed E-state index contributed by atoms with van der Waals surface area (Å²) in [6.45, 7) is 3.39. The molecule has 1 atom stereocenters. The second-order valence-electron chi connectivity index (χ2n) is 6.92. The van der Waals surface area contributed by atoms with Crippen molar-refractivity contribution in [2.75, 3.05) is 23.9 Å². The van der Waals surface area contributed by atoms with Gasteiger partial charge in [-0.05, 0) is 55.5 Å². The third-order valence-corrected chi connectivity index (χ3v) is 6.67. The highest BCUT2D eigenvalue weighted by atomic mass is 32.2. The van der Waals surface area contributed by atoms with Gasteiger partial charge in [-0.2, -0.15) is 16.5 Å². The first-order valence-electron chi connectivity index (χ1n) is 9.55. The van der Waals surface area contributed by atoms with Crippen LogP contribution in [0.15, 0.2) is 47.4 Å². The summed E-state index contributed by atoms with van der Waals surface area (Å²) in [5.41, 5.74) is 2.44. The topological polar surface area (TPSA) is 104 Å². The summed E-state index contributed by atoms with van der Waals surface area (Å²) in [7, 11) is -4.26. The summed E-state index contributed by atoms with van der Waals surface area (Å²) in [4.78, 5) is 24.4. The van der Waals surface area contributed by atoms with Crippen LogP contribution in [0.2, 0.25) is 0 Å². The lowest BCUT2D eigenvalue weighted by molar-refractivity contribution is -0.125. The van der Waals surface area contributed by atoms with Gasteiger partial charge in [0, 0.05) is 5.69 Å². The van der Waals surface area contributed by atoms with Crippen LogP contribution in [-0.4, -0.2) is 44.8 Å². The van der Waals surface area contributed by atoms with Gasteiger partial charge in [-0.3, -0.25) is 9.59 Å². The van der Waals surface area contributed by atoms with E-state index in [4.69, 9.17) is 0 Å². The van der Waals surface area contributed by atoms with Crippen molar-refractivity contribution in [3.05, 3.63) is 59.4 Å². The lowest BCUT2D eigenvalue weighted by atomic mass is 10.1. The molecular weight excluding hydrogens is 441 g/mol. The van der Waals surface area contributed by atoms with Crippen LogP contribution in [0.5, 0.6) is 0 Å². The zero-order valence-corrected chi connectivity index (χ0v) is 19.2. The van der Waals surface area contributed by atoms with Gasteiger partial charge >= 0.3 is 0 Å². The highest BCUT2D eigenvalue weighted by Crippen LogP contribution is 2.19. The lowest BCUT2D eigenvalue weighted by Crippen LogP contribution is -2.48. The van der Waals surface area contributed by atoms with Gasteiger partial charge in [-0.25, -0.2) is 12.8 Å². The molecular formula is C21H26FN3O4S2. The summed E-state index contributed by atoms with van der Waals surface area (Å²) in [5.74, 6) is -1.52. The molecule has 0 aliphatic carbocycles. The number of para-hydroxylation sites is 1. The number of nitrogens with one attached hydrogen (secondary N) is 3. The number of aryl methyl sites for hydroxylation is 2. The smallest absolute Gasteiger partial charge is 0.244 e. The summed E-state index contributed by atoms with van der Waals surface area (Å²) in [6, 6.07) is 9.37. The maximum Gasteiger partial charge on any atom is 0.244 e. The summed E-state index contributed by atoms with van der Waals surface area (Å²) in [5, 5.41) is 5.21. The molecule has 10 heteroatoms. The van der Waals surface area contributed by atoms with Crippen molar-refractivity contribution in [2.24, 2.45) is 0 Å². The number of halogens is 1. The Bertz CT molecular complexity index is 1020. The van der Waals surface area contributed by atoms with Crippen LogP contribution in [-0.2, 0) is 19.6 Å². The van der Waals surface area contributed by atoms with E-state index < -0.39 is 38.6 Å². The molecule has 7 nitrogen and oxygen atoms in total. The van der Waals surface area contributed by atoms with Gasteiger partial charge in [0.15, 0.2) is 0 Å². The largest absolute Gasteiger partial charge is 0.346 e. The standard InChI is InChI=1S/C21H26FN3O4S2/c1-14-7-6-8-15(2)20(14)24-19(26)13-23-21(27)17(11-12-30-3)25-31(28,29)18-10-5-4-9-16(18)22/h4-10,17,25H,11-13H2,1-3H3,(H,23,27)(H,24,26). The molecule has 2 rings (SSSR count). The average molecular weight is 468 g/mol. The first-order chi connectivity index (χ1) is 14.7. The number of hydrogen-bond donors (Lipinski definition) is 3. The van der Waals surface area contributed by atoms with E-state index in [9.17, 15) is 22.4 Å². The van der Waals surface area contributed by atoms with Gasteiger partial charge in [0.25, 0.3) is 0 Å². The van der Waals surface area contributed by atoms with Crippen LogP contribution in [0.25, 0.3) is 0 Å². The van der Waals surface area contributed by atoms with Crippen LogP contribution in [0.3, 0.4) is 0 Å². The molecule has 0 saturated carbocycles. The molecule has 3 N–H and O–H groups in total. The van der Waals surface area contributed by atoms with E-state index in [0.717, 1.165) is 23.3 Å². The minimum absolute atomic E-state index is 0.180. The number of hydrogen-bond acceptors (Lipinski definition) is 5. The number of carbonyl (C=O) groups is 2. The Morgan fingerprint density at radius 1 is 1.06 bits per heavy atom. The molecule has 0 bridgehead atoms. The number of thioether (sulfide) groups is 1. The van der Waals surface area contributed by atoms with E-state index in [1.54, 1.807) is 0 Å². The maximum absolute atomic E-state index is 13.9. The molecule has 0 fully saturated rings. The number of anilines is 1. The molecule has 0 radical (unpaired) electrons. The molecule has 2 aromatic rings. The fourth-order valence-electron chi connectivity index (χ4n) is 2.88. The van der Waals surface area contributed by atoms with Crippen LogP contribution < -0.4 is 15.4 Å². The predicted molar refractivity (Wildman–Crippen MR) is 121 cm³/mol. The summed E-state index contributed by atoms with van der Waals surface area (Å²) >= 11 is 1.43. The number of sulfonamides is 1. The normalized spacial score (nSPS) is 12.3. The van der Waals surface area contributed by atoms with Crippen LogP contribution in [0.1, 0.15) is 17.5 Å². The highest BCUT2D eigenvalue weighted by Gasteiger charge is 2.27. The van der Waals surface area contributed by atoms with Gasteiger partial charge in [-0.15, -0.1) is 0 Å². The SMILES string of the molecule is CSCCC(NS(=O)(=O)c1ccccc1F)C(=O)NCC(=O)Nc1c(C)cccc1C. The van der Waals surface area contributed by atoms with Crippen molar-refractivity contribution in [3.8, 4) is 0 Å².